The predicted molar refractivity (Wildman–Crippen MR) is 200 cm³/mol. The monoisotopic (exact) mass is 707 g/mol. The summed E-state index contributed by atoms with van der Waals surface area (Å²) in [5.41, 5.74) is 2.63. The first kappa shape index (κ1) is 35.2. The van der Waals surface area contributed by atoms with Crippen LogP contribution in [0.15, 0.2) is 70.9 Å². The van der Waals surface area contributed by atoms with Gasteiger partial charge in [-0.1, -0.05) is 24.3 Å². The largest absolute Gasteiger partial charge is 0.475 e. The number of hydrogen-bond acceptors (Lipinski definition) is 8. The molecule has 2 amide bonds. The van der Waals surface area contributed by atoms with Crippen LogP contribution in [0, 0.1) is 5.41 Å². The number of rotatable bonds is 9. The van der Waals surface area contributed by atoms with E-state index in [0.29, 0.717) is 56.4 Å². The molecule has 3 aliphatic heterocycles. The summed E-state index contributed by atoms with van der Waals surface area (Å²) in [6.45, 7) is 10.2. The van der Waals surface area contributed by atoms with Gasteiger partial charge in [0.25, 0.3) is 0 Å². The van der Waals surface area contributed by atoms with Crippen molar-refractivity contribution in [2.45, 2.75) is 51.3 Å². The van der Waals surface area contributed by atoms with Crippen molar-refractivity contribution in [3.8, 4) is 17.1 Å². The Morgan fingerprint density at radius 1 is 1.04 bits per heavy atom. The fourth-order valence-electron chi connectivity index (χ4n) is 7.74. The highest BCUT2D eigenvalue weighted by Gasteiger charge is 2.51. The number of halogens is 1. The number of likely N-dealkylation sites (tertiary alicyclic amines) is 2. The second-order valence-electron chi connectivity index (χ2n) is 14.7. The van der Waals surface area contributed by atoms with Gasteiger partial charge in [0.05, 0.1) is 23.6 Å². The van der Waals surface area contributed by atoms with Crippen LogP contribution in [0.3, 0.4) is 0 Å². The van der Waals surface area contributed by atoms with Crippen molar-refractivity contribution in [3.05, 3.63) is 71.9 Å². The van der Waals surface area contributed by atoms with Gasteiger partial charge in [0.15, 0.2) is 5.84 Å². The summed E-state index contributed by atoms with van der Waals surface area (Å²) in [6.07, 6.45) is 3.67. The van der Waals surface area contributed by atoms with Crippen molar-refractivity contribution in [1.29, 1.82) is 0 Å². The van der Waals surface area contributed by atoms with Gasteiger partial charge in [0, 0.05) is 87.6 Å². The molecule has 13 heteroatoms. The molecule has 1 N–H and O–H groups in total. The Morgan fingerprint density at radius 3 is 2.46 bits per heavy atom. The summed E-state index contributed by atoms with van der Waals surface area (Å²) in [5.74, 6) is 1.11. The van der Waals surface area contributed by atoms with Crippen LogP contribution in [0.1, 0.15) is 50.7 Å². The lowest BCUT2D eigenvalue weighted by atomic mass is 9.85. The number of nitrogens with zero attached hydrogens (tertiary/aromatic N) is 8. The third-order valence-corrected chi connectivity index (χ3v) is 10.5. The second kappa shape index (κ2) is 14.1. The van der Waals surface area contributed by atoms with Crippen LogP contribution >= 0.6 is 0 Å². The van der Waals surface area contributed by atoms with E-state index in [-0.39, 0.29) is 37.3 Å². The van der Waals surface area contributed by atoms with Gasteiger partial charge in [-0.3, -0.25) is 19.6 Å². The van der Waals surface area contributed by atoms with Crippen molar-refractivity contribution in [3.63, 3.8) is 0 Å². The summed E-state index contributed by atoms with van der Waals surface area (Å²) >= 11 is 0. The van der Waals surface area contributed by atoms with Crippen LogP contribution in [0.5, 0.6) is 5.88 Å². The molecule has 1 atom stereocenters. The number of fused-ring (bicyclic) bond motifs is 1. The van der Waals surface area contributed by atoms with E-state index in [9.17, 15) is 9.59 Å². The minimum absolute atomic E-state index is 0.0189. The Kier molecular flexibility index (Phi) is 9.55. The number of pyridine rings is 1. The van der Waals surface area contributed by atoms with E-state index in [1.54, 1.807) is 42.3 Å². The van der Waals surface area contributed by atoms with E-state index in [0.717, 1.165) is 39.8 Å². The van der Waals surface area contributed by atoms with Crippen LogP contribution in [-0.4, -0.2) is 114 Å². The minimum Gasteiger partial charge on any atom is -0.475 e. The lowest BCUT2D eigenvalue weighted by molar-refractivity contribution is -0.135. The Balaban J connectivity index is 0.956. The molecule has 0 unspecified atom stereocenters. The van der Waals surface area contributed by atoms with Crippen molar-refractivity contribution in [2.75, 3.05) is 58.3 Å². The normalized spacial score (nSPS) is 20.7. The Bertz CT molecular complexity index is 1980. The number of hydrazone groups is 1. The highest BCUT2D eigenvalue weighted by atomic mass is 19.1. The van der Waals surface area contributed by atoms with Gasteiger partial charge < -0.3 is 19.5 Å². The zero-order valence-electron chi connectivity index (χ0n) is 30.3. The Labute approximate surface area is 303 Å². The number of ether oxygens (including phenoxy) is 1. The molecule has 3 fully saturated rings. The van der Waals surface area contributed by atoms with Crippen LogP contribution in [0.25, 0.3) is 22.2 Å². The number of piperidine rings is 1. The number of aromatic amines is 1. The lowest BCUT2D eigenvalue weighted by Crippen LogP contribution is -2.47. The SMILES string of the molecule is C=N/C(=N\N(C)C)c1ccc(C2(F)CCN(C(=O)CN3CC[C@]4(CCN(c5ccc6[nH]nc(-c7ccc(OC(C)C)nc7)c6c5)C4=O)C3)CC2)cc1. The molecule has 7 rings (SSSR count). The first-order chi connectivity index (χ1) is 25.0. The van der Waals surface area contributed by atoms with E-state index in [4.69, 9.17) is 4.74 Å². The first-order valence-corrected chi connectivity index (χ1v) is 17.9. The van der Waals surface area contributed by atoms with Crippen LogP contribution in [0.2, 0.25) is 0 Å². The maximum Gasteiger partial charge on any atom is 0.236 e. The average molecular weight is 708 g/mol. The molecule has 2 aromatic heterocycles. The van der Waals surface area contributed by atoms with Gasteiger partial charge >= 0.3 is 0 Å². The van der Waals surface area contributed by atoms with Crippen LogP contribution in [0.4, 0.5) is 10.1 Å². The number of carbonyl (C=O) groups is 2. The maximum absolute atomic E-state index is 16.1. The quantitative estimate of drug-likeness (QED) is 0.143. The molecule has 0 aliphatic carbocycles. The van der Waals surface area contributed by atoms with Gasteiger partial charge in [-0.15, -0.1) is 0 Å². The smallest absolute Gasteiger partial charge is 0.236 e. The zero-order chi connectivity index (χ0) is 36.6. The summed E-state index contributed by atoms with van der Waals surface area (Å²) in [7, 11) is 3.61. The third-order valence-electron chi connectivity index (χ3n) is 10.5. The molecule has 4 aromatic rings. The van der Waals surface area contributed by atoms with Gasteiger partial charge in [-0.25, -0.2) is 14.4 Å². The number of amidine groups is 1. The average Bonchev–Trinajstić information content (AvgIpc) is 3.84. The topological polar surface area (TPSA) is 123 Å². The number of aliphatic imine (C=N–C) groups is 1. The third kappa shape index (κ3) is 6.89. The van der Waals surface area contributed by atoms with Gasteiger partial charge in [0.1, 0.15) is 11.4 Å². The number of anilines is 1. The van der Waals surface area contributed by atoms with Crippen molar-refractivity contribution in [2.24, 2.45) is 15.5 Å². The number of alkyl halides is 1. The molecule has 5 heterocycles. The van der Waals surface area contributed by atoms with E-state index in [2.05, 4.69) is 36.9 Å². The first-order valence-electron chi connectivity index (χ1n) is 17.9. The number of hydrogen-bond donors (Lipinski definition) is 1. The predicted octanol–water partition coefficient (Wildman–Crippen LogP) is 5.25. The van der Waals surface area contributed by atoms with Gasteiger partial charge in [0.2, 0.25) is 17.7 Å². The van der Waals surface area contributed by atoms with Crippen molar-refractivity contribution >= 4 is 41.0 Å². The number of nitrogens with one attached hydrogen (secondary N) is 1. The molecule has 1 spiro atoms. The molecular weight excluding hydrogens is 661 g/mol. The number of aromatic nitrogens is 3. The highest BCUT2D eigenvalue weighted by molar-refractivity contribution is 6.03. The Hall–Kier alpha value is -5.17. The van der Waals surface area contributed by atoms with E-state index >= 15 is 4.39 Å². The zero-order valence-corrected chi connectivity index (χ0v) is 30.3. The molecule has 2 aromatic carbocycles. The van der Waals surface area contributed by atoms with E-state index in [1.807, 2.05) is 61.2 Å². The molecular formula is C39H46FN9O3. The maximum atomic E-state index is 16.1. The second-order valence-corrected chi connectivity index (χ2v) is 14.7. The number of carbonyl (C=O) groups excluding carboxylic acids is 2. The molecule has 3 saturated heterocycles. The lowest BCUT2D eigenvalue weighted by Gasteiger charge is -2.37. The van der Waals surface area contributed by atoms with Gasteiger partial charge in [-0.05, 0) is 69.8 Å². The fraction of sp³-hybridized carbons (Fsp3) is 0.436. The fourth-order valence-corrected chi connectivity index (χ4v) is 7.74. The molecule has 0 radical (unpaired) electrons. The van der Waals surface area contributed by atoms with Crippen molar-refractivity contribution < 1.29 is 18.7 Å². The van der Waals surface area contributed by atoms with Crippen LogP contribution in [-0.2, 0) is 15.3 Å². The minimum atomic E-state index is -1.52. The van der Waals surface area contributed by atoms with Crippen molar-refractivity contribution in [1.82, 2.24) is 30.0 Å². The molecule has 52 heavy (non-hydrogen) atoms. The number of H-pyrrole nitrogens is 1. The molecule has 3 aliphatic rings. The van der Waals surface area contributed by atoms with Crippen LogP contribution < -0.4 is 9.64 Å². The Morgan fingerprint density at radius 2 is 1.79 bits per heavy atom. The molecule has 272 valence electrons. The van der Waals surface area contributed by atoms with E-state index in [1.165, 1.54) is 0 Å². The standard InChI is InChI=1S/C39H46FN9O3/c1-26(2)52-33-13-8-28(23-42-33)35-31-22-30(11-12-32(31)43-44-35)49-21-15-38(37(49)51)14-18-47(25-38)24-34(50)48-19-16-39(40,17-20-48)29-9-6-27(7-10-29)36(41-3)45-46(4)5/h6-13,22-23,26H,3,14-21,24-25H2,1-2,4-5H3,(H,43,44)/b45-36-/t38-/m0/s1. The summed E-state index contributed by atoms with van der Waals surface area (Å²) in [6, 6.07) is 16.9. The molecule has 0 saturated carbocycles. The molecule has 0 bridgehead atoms. The van der Waals surface area contributed by atoms with E-state index < -0.39 is 11.1 Å². The molecule has 12 nitrogen and oxygen atoms in total. The number of benzene rings is 2. The number of amides is 2. The summed E-state index contributed by atoms with van der Waals surface area (Å²) in [5, 5.41) is 14.5. The van der Waals surface area contributed by atoms with Gasteiger partial charge in [-0.2, -0.15) is 10.2 Å². The summed E-state index contributed by atoms with van der Waals surface area (Å²) < 4.78 is 21.8. The summed E-state index contributed by atoms with van der Waals surface area (Å²) in [4.78, 5) is 41.6. The highest BCUT2D eigenvalue weighted by Crippen LogP contribution is 2.43.